The van der Waals surface area contributed by atoms with Crippen molar-refractivity contribution in [1.29, 1.82) is 0 Å². The van der Waals surface area contributed by atoms with E-state index in [1.807, 2.05) is 6.92 Å². The van der Waals surface area contributed by atoms with Crippen molar-refractivity contribution < 1.29 is 14.0 Å². The number of hydrogen-bond donors (Lipinski definition) is 2. The first kappa shape index (κ1) is 19.2. The number of piperidine rings is 1. The first-order chi connectivity index (χ1) is 13.1. The number of carbonyl (C=O) groups excluding carboxylic acids is 2. The molecule has 27 heavy (non-hydrogen) atoms. The van der Waals surface area contributed by atoms with Crippen LogP contribution in [0.2, 0.25) is 0 Å². The van der Waals surface area contributed by atoms with Crippen molar-refractivity contribution in [2.45, 2.75) is 32.1 Å². The number of amides is 3. The average molecular weight is 391 g/mol. The summed E-state index contributed by atoms with van der Waals surface area (Å²) in [6, 6.07) is 5.48. The van der Waals surface area contributed by atoms with Gasteiger partial charge in [0, 0.05) is 31.2 Å². The molecule has 3 amide bonds. The van der Waals surface area contributed by atoms with Crippen LogP contribution in [-0.2, 0) is 0 Å². The summed E-state index contributed by atoms with van der Waals surface area (Å²) in [7, 11) is 0. The van der Waals surface area contributed by atoms with E-state index in [2.05, 4.69) is 20.8 Å². The maximum atomic E-state index is 12.9. The average Bonchev–Trinajstić information content (AvgIpc) is 3.18. The zero-order valence-corrected chi connectivity index (χ0v) is 15.9. The minimum absolute atomic E-state index is 0.0552. The van der Waals surface area contributed by atoms with Crippen molar-refractivity contribution in [1.82, 2.24) is 20.4 Å². The van der Waals surface area contributed by atoms with E-state index in [-0.39, 0.29) is 28.7 Å². The molecule has 1 aromatic heterocycles. The number of carbonyl (C=O) groups is 2. The monoisotopic (exact) mass is 391 g/mol. The van der Waals surface area contributed by atoms with E-state index in [4.69, 9.17) is 0 Å². The number of hydrogen-bond acceptors (Lipinski definition) is 5. The van der Waals surface area contributed by atoms with E-state index in [1.165, 1.54) is 35.6 Å². The lowest BCUT2D eigenvalue weighted by Crippen LogP contribution is -2.45. The Hall–Kier alpha value is -2.55. The van der Waals surface area contributed by atoms with Gasteiger partial charge in [-0.2, -0.15) is 0 Å². The summed E-state index contributed by atoms with van der Waals surface area (Å²) >= 11 is 1.23. The van der Waals surface area contributed by atoms with Gasteiger partial charge in [-0.1, -0.05) is 18.3 Å². The standard InChI is InChI=1S/C18H22FN5O2S/c1-2-9-20-18(26)24-10-3-4-12(11-24)16-22-23-17(27-16)15(25)21-14-7-5-13(19)6-8-14/h5-8,12H,2-4,9-11H2,1H3,(H,20,26)(H,21,25)/t12-/m1/s1. The molecule has 9 heteroatoms. The minimum atomic E-state index is -0.376. The van der Waals surface area contributed by atoms with Gasteiger partial charge in [0.05, 0.1) is 0 Å². The van der Waals surface area contributed by atoms with Crippen LogP contribution in [0.25, 0.3) is 0 Å². The van der Waals surface area contributed by atoms with Crippen LogP contribution in [0, 0.1) is 5.82 Å². The van der Waals surface area contributed by atoms with Crippen LogP contribution in [0.1, 0.15) is 46.9 Å². The Bertz CT molecular complexity index is 795. The molecule has 2 aromatic rings. The van der Waals surface area contributed by atoms with Crippen LogP contribution in [0.4, 0.5) is 14.9 Å². The number of aromatic nitrogens is 2. The van der Waals surface area contributed by atoms with Gasteiger partial charge in [-0.15, -0.1) is 10.2 Å². The number of nitrogens with zero attached hydrogens (tertiary/aromatic N) is 3. The fourth-order valence-electron chi connectivity index (χ4n) is 2.92. The van der Waals surface area contributed by atoms with Crippen molar-refractivity contribution >= 4 is 29.0 Å². The number of nitrogens with one attached hydrogen (secondary N) is 2. The van der Waals surface area contributed by atoms with E-state index in [0.29, 0.717) is 18.8 Å². The van der Waals surface area contributed by atoms with Gasteiger partial charge in [-0.05, 0) is 43.5 Å². The third-order valence-electron chi connectivity index (χ3n) is 4.32. The third-order valence-corrected chi connectivity index (χ3v) is 5.41. The van der Waals surface area contributed by atoms with Gasteiger partial charge >= 0.3 is 6.03 Å². The predicted molar refractivity (Wildman–Crippen MR) is 101 cm³/mol. The zero-order chi connectivity index (χ0) is 19.2. The van der Waals surface area contributed by atoms with E-state index in [9.17, 15) is 14.0 Å². The molecule has 144 valence electrons. The third kappa shape index (κ3) is 5.00. The number of benzene rings is 1. The number of anilines is 1. The van der Waals surface area contributed by atoms with Crippen LogP contribution in [0.15, 0.2) is 24.3 Å². The normalized spacial score (nSPS) is 16.8. The second-order valence-electron chi connectivity index (χ2n) is 6.42. The zero-order valence-electron chi connectivity index (χ0n) is 15.1. The predicted octanol–water partition coefficient (Wildman–Crippen LogP) is 3.23. The fourth-order valence-corrected chi connectivity index (χ4v) is 3.78. The second-order valence-corrected chi connectivity index (χ2v) is 7.43. The number of likely N-dealkylation sites (tertiary alicyclic amines) is 1. The molecule has 0 saturated carbocycles. The highest BCUT2D eigenvalue weighted by molar-refractivity contribution is 7.13. The Balaban J connectivity index is 1.61. The van der Waals surface area contributed by atoms with Crippen molar-refractivity contribution in [3.63, 3.8) is 0 Å². The quantitative estimate of drug-likeness (QED) is 0.819. The van der Waals surface area contributed by atoms with Gasteiger partial charge in [-0.3, -0.25) is 4.79 Å². The Labute approximate surface area is 161 Å². The second kappa shape index (κ2) is 8.90. The Morgan fingerprint density at radius 3 is 2.81 bits per heavy atom. The maximum absolute atomic E-state index is 12.9. The number of halogens is 1. The largest absolute Gasteiger partial charge is 0.338 e. The van der Waals surface area contributed by atoms with Crippen LogP contribution >= 0.6 is 11.3 Å². The Morgan fingerprint density at radius 2 is 2.07 bits per heavy atom. The molecule has 0 bridgehead atoms. The highest BCUT2D eigenvalue weighted by Crippen LogP contribution is 2.29. The summed E-state index contributed by atoms with van der Waals surface area (Å²) in [4.78, 5) is 26.3. The molecule has 2 N–H and O–H groups in total. The van der Waals surface area contributed by atoms with Crippen LogP contribution in [0.5, 0.6) is 0 Å². The number of urea groups is 1. The van der Waals surface area contributed by atoms with Gasteiger partial charge in [0.2, 0.25) is 5.01 Å². The molecule has 1 atom stereocenters. The fraction of sp³-hybridized carbons (Fsp3) is 0.444. The van der Waals surface area contributed by atoms with E-state index in [1.54, 1.807) is 4.90 Å². The Morgan fingerprint density at radius 1 is 1.30 bits per heavy atom. The van der Waals surface area contributed by atoms with Crippen molar-refractivity contribution in [3.8, 4) is 0 Å². The number of rotatable bonds is 5. The molecule has 1 saturated heterocycles. The van der Waals surface area contributed by atoms with Crippen molar-refractivity contribution in [2.75, 3.05) is 25.0 Å². The molecule has 1 aromatic carbocycles. The molecule has 1 fully saturated rings. The first-order valence-electron chi connectivity index (χ1n) is 9.00. The van der Waals surface area contributed by atoms with Gasteiger partial charge < -0.3 is 15.5 Å². The first-order valence-corrected chi connectivity index (χ1v) is 9.81. The lowest BCUT2D eigenvalue weighted by Gasteiger charge is -2.31. The summed E-state index contributed by atoms with van der Waals surface area (Å²) in [5, 5.41) is 14.7. The van der Waals surface area contributed by atoms with E-state index >= 15 is 0 Å². The lowest BCUT2D eigenvalue weighted by atomic mass is 9.99. The molecular formula is C18H22FN5O2S. The van der Waals surface area contributed by atoms with Crippen LogP contribution in [0.3, 0.4) is 0 Å². The van der Waals surface area contributed by atoms with Crippen molar-refractivity contribution in [3.05, 3.63) is 40.1 Å². The van der Waals surface area contributed by atoms with Crippen LogP contribution in [-0.4, -0.2) is 46.7 Å². The highest BCUT2D eigenvalue weighted by Gasteiger charge is 2.28. The van der Waals surface area contributed by atoms with Crippen molar-refractivity contribution in [2.24, 2.45) is 0 Å². The van der Waals surface area contributed by atoms with E-state index < -0.39 is 0 Å². The molecule has 0 radical (unpaired) electrons. The van der Waals surface area contributed by atoms with Gasteiger partial charge in [0.25, 0.3) is 5.91 Å². The summed E-state index contributed by atoms with van der Waals surface area (Å²) in [6.07, 6.45) is 2.69. The molecular weight excluding hydrogens is 369 g/mol. The topological polar surface area (TPSA) is 87.2 Å². The lowest BCUT2D eigenvalue weighted by molar-refractivity contribution is 0.102. The molecule has 3 rings (SSSR count). The molecule has 0 spiro atoms. The SMILES string of the molecule is CCCNC(=O)N1CCC[C@@H](c2nnc(C(=O)Nc3ccc(F)cc3)s2)C1. The van der Waals surface area contributed by atoms with Crippen LogP contribution < -0.4 is 10.6 Å². The maximum Gasteiger partial charge on any atom is 0.317 e. The van der Waals surface area contributed by atoms with Gasteiger partial charge in [-0.25, -0.2) is 9.18 Å². The van der Waals surface area contributed by atoms with Gasteiger partial charge in [0.15, 0.2) is 0 Å². The summed E-state index contributed by atoms with van der Waals surface area (Å²) in [6.45, 7) is 3.97. The smallest absolute Gasteiger partial charge is 0.317 e. The summed E-state index contributed by atoms with van der Waals surface area (Å²) in [5.74, 6) is -0.661. The highest BCUT2D eigenvalue weighted by atomic mass is 32.1. The molecule has 1 aliphatic rings. The minimum Gasteiger partial charge on any atom is -0.338 e. The Kier molecular flexibility index (Phi) is 6.33. The van der Waals surface area contributed by atoms with E-state index in [0.717, 1.165) is 30.8 Å². The molecule has 1 aliphatic heterocycles. The van der Waals surface area contributed by atoms with Gasteiger partial charge in [0.1, 0.15) is 10.8 Å². The summed E-state index contributed by atoms with van der Waals surface area (Å²) in [5.41, 5.74) is 0.495. The molecule has 0 aliphatic carbocycles. The molecule has 7 nitrogen and oxygen atoms in total. The summed E-state index contributed by atoms with van der Waals surface area (Å²) < 4.78 is 12.9. The molecule has 0 unspecified atom stereocenters. The molecule has 2 heterocycles.